The number of aromatic nitrogens is 1. The number of nitrogens with one attached hydrogen (secondary N) is 2. The maximum absolute atomic E-state index is 12.0. The summed E-state index contributed by atoms with van der Waals surface area (Å²) in [5, 5.41) is 6.30. The van der Waals surface area contributed by atoms with Crippen LogP contribution >= 0.6 is 0 Å². The van der Waals surface area contributed by atoms with Gasteiger partial charge in [0.15, 0.2) is 0 Å². The van der Waals surface area contributed by atoms with Crippen LogP contribution in [0.2, 0.25) is 0 Å². The molecule has 0 radical (unpaired) electrons. The highest BCUT2D eigenvalue weighted by Gasteiger charge is 2.15. The summed E-state index contributed by atoms with van der Waals surface area (Å²) < 4.78 is 10.9. The zero-order valence-electron chi connectivity index (χ0n) is 15.0. The minimum Gasteiger partial charge on any atom is -0.497 e. The summed E-state index contributed by atoms with van der Waals surface area (Å²) in [6.45, 7) is 2.58. The Morgan fingerprint density at radius 2 is 2.08 bits per heavy atom. The molecule has 0 saturated carbocycles. The van der Waals surface area contributed by atoms with Crippen molar-refractivity contribution in [3.63, 3.8) is 0 Å². The number of ether oxygens (including phenoxy) is 2. The fourth-order valence-electron chi connectivity index (χ4n) is 2.97. The molecule has 26 heavy (non-hydrogen) atoms. The van der Waals surface area contributed by atoms with Crippen molar-refractivity contribution in [2.24, 2.45) is 5.92 Å². The molecule has 1 unspecified atom stereocenters. The molecule has 1 atom stereocenters. The third-order valence-corrected chi connectivity index (χ3v) is 4.51. The molecular weight excluding hydrogens is 330 g/mol. The molecular formula is C20H25N3O3. The van der Waals surface area contributed by atoms with Crippen LogP contribution in [0.1, 0.15) is 24.8 Å². The molecule has 1 aliphatic heterocycles. The van der Waals surface area contributed by atoms with Gasteiger partial charge in [-0.25, -0.2) is 4.98 Å². The maximum atomic E-state index is 12.0. The van der Waals surface area contributed by atoms with Gasteiger partial charge in [-0.2, -0.15) is 0 Å². The van der Waals surface area contributed by atoms with Gasteiger partial charge in [-0.3, -0.25) is 4.79 Å². The molecule has 6 nitrogen and oxygen atoms in total. The van der Waals surface area contributed by atoms with Crippen LogP contribution < -0.4 is 20.1 Å². The minimum atomic E-state index is 0.0892. The molecule has 2 heterocycles. The van der Waals surface area contributed by atoms with E-state index in [9.17, 15) is 4.79 Å². The van der Waals surface area contributed by atoms with Crippen molar-refractivity contribution in [1.82, 2.24) is 15.6 Å². The normalized spacial score (nSPS) is 16.3. The number of rotatable bonds is 8. The number of pyridine rings is 1. The van der Waals surface area contributed by atoms with E-state index in [4.69, 9.17) is 9.47 Å². The summed E-state index contributed by atoms with van der Waals surface area (Å²) in [5.41, 5.74) is 0.958. The van der Waals surface area contributed by atoms with E-state index >= 15 is 0 Å². The van der Waals surface area contributed by atoms with Crippen molar-refractivity contribution in [2.75, 3.05) is 20.2 Å². The fourth-order valence-corrected chi connectivity index (χ4v) is 2.97. The highest BCUT2D eigenvalue weighted by atomic mass is 16.5. The van der Waals surface area contributed by atoms with Crippen LogP contribution in [0, 0.1) is 5.92 Å². The number of carbonyl (C=O) groups excluding carboxylic acids is 1. The molecule has 1 saturated heterocycles. The predicted octanol–water partition coefficient (Wildman–Crippen LogP) is 2.89. The van der Waals surface area contributed by atoms with Crippen LogP contribution in [0.3, 0.4) is 0 Å². The van der Waals surface area contributed by atoms with Crippen LogP contribution in [0.5, 0.6) is 17.4 Å². The van der Waals surface area contributed by atoms with E-state index in [1.807, 2.05) is 36.4 Å². The van der Waals surface area contributed by atoms with Gasteiger partial charge in [-0.15, -0.1) is 0 Å². The first-order valence-electron chi connectivity index (χ1n) is 8.97. The van der Waals surface area contributed by atoms with Crippen LogP contribution in [-0.4, -0.2) is 31.1 Å². The highest BCUT2D eigenvalue weighted by Crippen LogP contribution is 2.22. The zero-order chi connectivity index (χ0) is 18.2. The Bertz CT molecular complexity index is 712. The molecule has 1 amide bonds. The number of nitrogens with zero attached hydrogens (tertiary/aromatic N) is 1. The first-order valence-corrected chi connectivity index (χ1v) is 8.97. The lowest BCUT2D eigenvalue weighted by atomic mass is 10.0. The van der Waals surface area contributed by atoms with Crippen molar-refractivity contribution in [3.8, 4) is 17.4 Å². The molecule has 6 heteroatoms. The van der Waals surface area contributed by atoms with Crippen molar-refractivity contribution in [1.29, 1.82) is 0 Å². The minimum absolute atomic E-state index is 0.0892. The van der Waals surface area contributed by atoms with Gasteiger partial charge in [-0.05, 0) is 67.7 Å². The number of methoxy groups -OCH3 is 1. The first-order chi connectivity index (χ1) is 12.7. The Morgan fingerprint density at radius 3 is 2.81 bits per heavy atom. The molecule has 0 bridgehead atoms. The third kappa shape index (κ3) is 5.46. The van der Waals surface area contributed by atoms with E-state index < -0.39 is 0 Å². The van der Waals surface area contributed by atoms with Gasteiger partial charge in [0.25, 0.3) is 0 Å². The summed E-state index contributed by atoms with van der Waals surface area (Å²) in [6, 6.07) is 11.0. The fraction of sp³-hybridized carbons (Fsp3) is 0.400. The molecule has 0 spiro atoms. The summed E-state index contributed by atoms with van der Waals surface area (Å²) in [4.78, 5) is 16.2. The van der Waals surface area contributed by atoms with Crippen molar-refractivity contribution >= 4 is 5.91 Å². The highest BCUT2D eigenvalue weighted by molar-refractivity contribution is 5.75. The van der Waals surface area contributed by atoms with Crippen molar-refractivity contribution in [2.45, 2.75) is 25.8 Å². The van der Waals surface area contributed by atoms with E-state index in [-0.39, 0.29) is 5.91 Å². The number of carbonyl (C=O) groups is 1. The topological polar surface area (TPSA) is 72.5 Å². The van der Waals surface area contributed by atoms with Crippen molar-refractivity contribution in [3.05, 3.63) is 48.2 Å². The molecule has 1 aromatic carbocycles. The molecule has 2 aromatic rings. The number of amides is 1. The number of hydrogen-bond donors (Lipinski definition) is 2. The standard InChI is InChI=1S/C20H25N3O3/c1-25-17-3-5-18(6-4-17)26-20-12-16(9-11-22-20)14-23-19(24)7-2-15-8-10-21-13-15/h3-6,9,11-12,15,21H,2,7-8,10,13-14H2,1H3,(H,23,24). The summed E-state index contributed by atoms with van der Waals surface area (Å²) in [6.07, 6.45) is 4.38. The van der Waals surface area contributed by atoms with Gasteiger partial charge in [0.2, 0.25) is 11.8 Å². The SMILES string of the molecule is COc1ccc(Oc2cc(CNC(=O)CCC3CCNC3)ccn2)cc1. The average molecular weight is 355 g/mol. The zero-order valence-corrected chi connectivity index (χ0v) is 15.0. The molecule has 1 aromatic heterocycles. The van der Waals surface area contributed by atoms with Crippen LogP contribution in [0.25, 0.3) is 0 Å². The molecule has 1 aliphatic rings. The monoisotopic (exact) mass is 355 g/mol. The molecule has 3 rings (SSSR count). The summed E-state index contributed by atoms with van der Waals surface area (Å²) in [5.74, 6) is 2.68. The van der Waals surface area contributed by atoms with Gasteiger partial charge >= 0.3 is 0 Å². The van der Waals surface area contributed by atoms with Crippen LogP contribution in [0.4, 0.5) is 0 Å². The lowest BCUT2D eigenvalue weighted by molar-refractivity contribution is -0.121. The number of benzene rings is 1. The lowest BCUT2D eigenvalue weighted by Gasteiger charge is -2.10. The van der Waals surface area contributed by atoms with E-state index in [2.05, 4.69) is 15.6 Å². The smallest absolute Gasteiger partial charge is 0.220 e. The maximum Gasteiger partial charge on any atom is 0.220 e. The second-order valence-electron chi connectivity index (χ2n) is 6.45. The predicted molar refractivity (Wildman–Crippen MR) is 99.4 cm³/mol. The second kappa shape index (κ2) is 9.20. The lowest BCUT2D eigenvalue weighted by Crippen LogP contribution is -2.23. The number of hydrogen-bond acceptors (Lipinski definition) is 5. The quantitative estimate of drug-likeness (QED) is 0.762. The van der Waals surface area contributed by atoms with Gasteiger partial charge in [0, 0.05) is 25.2 Å². The first kappa shape index (κ1) is 18.2. The Hall–Kier alpha value is -2.60. The van der Waals surface area contributed by atoms with Crippen molar-refractivity contribution < 1.29 is 14.3 Å². The molecule has 1 fully saturated rings. The Labute approximate surface area is 153 Å². The Morgan fingerprint density at radius 1 is 1.27 bits per heavy atom. The van der Waals surface area contributed by atoms with Gasteiger partial charge in [-0.1, -0.05) is 0 Å². The largest absolute Gasteiger partial charge is 0.497 e. The van der Waals surface area contributed by atoms with E-state index in [1.165, 1.54) is 6.42 Å². The molecule has 138 valence electrons. The van der Waals surface area contributed by atoms with Gasteiger partial charge in [0.1, 0.15) is 11.5 Å². The van der Waals surface area contributed by atoms with E-state index in [0.717, 1.165) is 30.8 Å². The van der Waals surface area contributed by atoms with Gasteiger partial charge < -0.3 is 20.1 Å². The second-order valence-corrected chi connectivity index (χ2v) is 6.45. The third-order valence-electron chi connectivity index (χ3n) is 4.51. The van der Waals surface area contributed by atoms with Gasteiger partial charge in [0.05, 0.1) is 7.11 Å². The summed E-state index contributed by atoms with van der Waals surface area (Å²) >= 11 is 0. The van der Waals surface area contributed by atoms with Crippen LogP contribution in [-0.2, 0) is 11.3 Å². The molecule has 2 N–H and O–H groups in total. The van der Waals surface area contributed by atoms with E-state index in [1.54, 1.807) is 13.3 Å². The Balaban J connectivity index is 1.47. The van der Waals surface area contributed by atoms with Crippen LogP contribution in [0.15, 0.2) is 42.6 Å². The summed E-state index contributed by atoms with van der Waals surface area (Å²) in [7, 11) is 1.62. The molecule has 0 aliphatic carbocycles. The average Bonchev–Trinajstić information content (AvgIpc) is 3.19. The van der Waals surface area contributed by atoms with E-state index in [0.29, 0.717) is 30.5 Å². The Kier molecular flexibility index (Phi) is 6.44.